The molecule has 0 aliphatic heterocycles. The number of halogens is 1. The molecule has 0 aliphatic rings. The second-order valence-corrected chi connectivity index (χ2v) is 6.44. The number of nitrogen functional groups attached to an aromatic ring is 1. The van der Waals surface area contributed by atoms with Crippen molar-refractivity contribution in [3.05, 3.63) is 23.2 Å². The average Bonchev–Trinajstić information content (AvgIpc) is 2.33. The van der Waals surface area contributed by atoms with Gasteiger partial charge in [-0.15, -0.1) is 0 Å². The van der Waals surface area contributed by atoms with Crippen LogP contribution in [-0.2, 0) is 4.79 Å². The molecule has 1 aromatic rings. The molecule has 106 valence electrons. The van der Waals surface area contributed by atoms with E-state index in [0.29, 0.717) is 28.7 Å². The largest absolute Gasteiger partial charge is 0.397 e. The molecule has 1 rings (SSSR count). The van der Waals surface area contributed by atoms with E-state index in [9.17, 15) is 4.79 Å². The van der Waals surface area contributed by atoms with Gasteiger partial charge in [0.2, 0.25) is 5.91 Å². The zero-order valence-corrected chi connectivity index (χ0v) is 13.0. The molecule has 3 nitrogen and oxygen atoms in total. The fourth-order valence-electron chi connectivity index (χ4n) is 1.50. The molecule has 1 aromatic carbocycles. The van der Waals surface area contributed by atoms with Crippen molar-refractivity contribution < 1.29 is 4.79 Å². The summed E-state index contributed by atoms with van der Waals surface area (Å²) in [7, 11) is 0. The quantitative estimate of drug-likeness (QED) is 0.590. The highest BCUT2D eigenvalue weighted by Gasteiger charge is 2.06. The molecule has 1 amide bonds. The third kappa shape index (κ3) is 6.73. The lowest BCUT2D eigenvalue weighted by atomic mass is 10.2. The number of rotatable bonds is 7. The number of nitrogens with one attached hydrogen (secondary N) is 1. The first-order valence-corrected chi connectivity index (χ1v) is 7.95. The molecule has 3 N–H and O–H groups in total. The van der Waals surface area contributed by atoms with Gasteiger partial charge in [-0.2, -0.15) is 11.8 Å². The van der Waals surface area contributed by atoms with Gasteiger partial charge in [-0.1, -0.05) is 25.4 Å². The minimum absolute atomic E-state index is 0.0147. The highest BCUT2D eigenvalue weighted by Crippen LogP contribution is 2.23. The van der Waals surface area contributed by atoms with Crippen LogP contribution in [0.2, 0.25) is 5.02 Å². The van der Waals surface area contributed by atoms with Crippen molar-refractivity contribution in [3.8, 4) is 0 Å². The lowest BCUT2D eigenvalue weighted by Crippen LogP contribution is -2.13. The summed E-state index contributed by atoms with van der Waals surface area (Å²) >= 11 is 7.75. The van der Waals surface area contributed by atoms with E-state index in [4.69, 9.17) is 17.3 Å². The van der Waals surface area contributed by atoms with Crippen molar-refractivity contribution in [2.45, 2.75) is 26.7 Å². The Morgan fingerprint density at radius 3 is 2.89 bits per heavy atom. The molecular formula is C14H21ClN2OS. The first-order valence-electron chi connectivity index (χ1n) is 6.41. The average molecular weight is 301 g/mol. The Hall–Kier alpha value is -0.870. The van der Waals surface area contributed by atoms with Crippen molar-refractivity contribution in [3.63, 3.8) is 0 Å². The van der Waals surface area contributed by atoms with E-state index in [2.05, 4.69) is 19.2 Å². The van der Waals surface area contributed by atoms with Gasteiger partial charge in [0.15, 0.2) is 0 Å². The Bertz CT molecular complexity index is 424. The van der Waals surface area contributed by atoms with E-state index < -0.39 is 0 Å². The third-order valence-electron chi connectivity index (χ3n) is 2.43. The van der Waals surface area contributed by atoms with Crippen molar-refractivity contribution in [1.29, 1.82) is 0 Å². The van der Waals surface area contributed by atoms with Gasteiger partial charge < -0.3 is 11.1 Å². The summed E-state index contributed by atoms with van der Waals surface area (Å²) < 4.78 is 0. The number of amides is 1. The first-order chi connectivity index (χ1) is 8.99. The molecular weight excluding hydrogens is 280 g/mol. The molecule has 0 saturated carbocycles. The molecule has 0 aromatic heterocycles. The molecule has 0 fully saturated rings. The Kier molecular flexibility index (Phi) is 7.10. The predicted molar refractivity (Wildman–Crippen MR) is 85.9 cm³/mol. The molecule has 0 atom stereocenters. The van der Waals surface area contributed by atoms with E-state index in [1.54, 1.807) is 18.2 Å². The van der Waals surface area contributed by atoms with E-state index in [0.717, 1.165) is 17.9 Å². The summed E-state index contributed by atoms with van der Waals surface area (Å²) in [5.41, 5.74) is 6.89. The second-order valence-electron chi connectivity index (χ2n) is 4.85. The standard InChI is InChI=1S/C14H21ClN2OS/c1-10(2)9-19-7-3-4-14(18)17-13-8-11(15)5-6-12(13)16/h5-6,8,10H,3-4,7,9,16H2,1-2H3,(H,17,18). The van der Waals surface area contributed by atoms with Gasteiger partial charge in [-0.25, -0.2) is 0 Å². The minimum atomic E-state index is -0.0147. The summed E-state index contributed by atoms with van der Waals surface area (Å²) in [5.74, 6) is 2.84. The highest BCUT2D eigenvalue weighted by molar-refractivity contribution is 7.99. The van der Waals surface area contributed by atoms with Crippen molar-refractivity contribution in [1.82, 2.24) is 0 Å². The first kappa shape index (κ1) is 16.2. The van der Waals surface area contributed by atoms with Crippen molar-refractivity contribution >= 4 is 40.6 Å². The van der Waals surface area contributed by atoms with Gasteiger partial charge in [0, 0.05) is 11.4 Å². The number of hydrogen-bond donors (Lipinski definition) is 2. The van der Waals surface area contributed by atoms with Gasteiger partial charge in [0.05, 0.1) is 11.4 Å². The van der Waals surface area contributed by atoms with Crippen LogP contribution < -0.4 is 11.1 Å². The molecule has 0 saturated heterocycles. The molecule has 0 bridgehead atoms. The van der Waals surface area contributed by atoms with Crippen LogP contribution in [0.3, 0.4) is 0 Å². The zero-order valence-electron chi connectivity index (χ0n) is 11.4. The van der Waals surface area contributed by atoms with Gasteiger partial charge in [-0.3, -0.25) is 4.79 Å². The summed E-state index contributed by atoms with van der Waals surface area (Å²) in [6.45, 7) is 4.39. The van der Waals surface area contributed by atoms with Crippen LogP contribution in [0.1, 0.15) is 26.7 Å². The van der Waals surface area contributed by atoms with Crippen molar-refractivity contribution in [2.75, 3.05) is 22.6 Å². The van der Waals surface area contributed by atoms with Crippen LogP contribution in [0.25, 0.3) is 0 Å². The fourth-order valence-corrected chi connectivity index (χ4v) is 2.66. The molecule has 0 aliphatic carbocycles. The summed E-state index contributed by atoms with van der Waals surface area (Å²) in [6.07, 6.45) is 1.39. The highest BCUT2D eigenvalue weighted by atomic mass is 35.5. The van der Waals surface area contributed by atoms with Crippen LogP contribution in [-0.4, -0.2) is 17.4 Å². The Morgan fingerprint density at radius 1 is 1.47 bits per heavy atom. The fraction of sp³-hybridized carbons (Fsp3) is 0.500. The van der Waals surface area contributed by atoms with E-state index >= 15 is 0 Å². The molecule has 0 heterocycles. The molecule has 0 radical (unpaired) electrons. The van der Waals surface area contributed by atoms with Gasteiger partial charge in [0.1, 0.15) is 0 Å². The Balaban J connectivity index is 2.29. The van der Waals surface area contributed by atoms with E-state index in [1.807, 2.05) is 11.8 Å². The van der Waals surface area contributed by atoms with Crippen LogP contribution >= 0.6 is 23.4 Å². The lowest BCUT2D eigenvalue weighted by Gasteiger charge is -2.08. The van der Waals surface area contributed by atoms with Crippen LogP contribution in [0.5, 0.6) is 0 Å². The number of thioether (sulfide) groups is 1. The predicted octanol–water partition coefficient (Wildman–Crippen LogP) is 4.03. The maximum atomic E-state index is 11.8. The van der Waals surface area contributed by atoms with E-state index in [1.165, 1.54) is 0 Å². The van der Waals surface area contributed by atoms with Crippen molar-refractivity contribution in [2.24, 2.45) is 5.92 Å². The number of anilines is 2. The Morgan fingerprint density at radius 2 is 2.21 bits per heavy atom. The topological polar surface area (TPSA) is 55.1 Å². The normalized spacial score (nSPS) is 10.7. The minimum Gasteiger partial charge on any atom is -0.397 e. The van der Waals surface area contributed by atoms with Crippen LogP contribution in [0.4, 0.5) is 11.4 Å². The summed E-state index contributed by atoms with van der Waals surface area (Å²) in [5, 5.41) is 3.36. The monoisotopic (exact) mass is 300 g/mol. The second kappa shape index (κ2) is 8.33. The zero-order chi connectivity index (χ0) is 14.3. The molecule has 0 unspecified atom stereocenters. The molecule has 19 heavy (non-hydrogen) atoms. The third-order valence-corrected chi connectivity index (χ3v) is 4.15. The maximum absolute atomic E-state index is 11.8. The number of nitrogens with two attached hydrogens (primary N) is 1. The number of hydrogen-bond acceptors (Lipinski definition) is 3. The van der Waals surface area contributed by atoms with Gasteiger partial charge in [-0.05, 0) is 42.0 Å². The Labute approximate surface area is 124 Å². The summed E-state index contributed by atoms with van der Waals surface area (Å²) in [4.78, 5) is 11.8. The smallest absolute Gasteiger partial charge is 0.224 e. The summed E-state index contributed by atoms with van der Waals surface area (Å²) in [6, 6.07) is 5.06. The van der Waals surface area contributed by atoms with E-state index in [-0.39, 0.29) is 5.91 Å². The van der Waals surface area contributed by atoms with Crippen LogP contribution in [0.15, 0.2) is 18.2 Å². The lowest BCUT2D eigenvalue weighted by molar-refractivity contribution is -0.116. The SMILES string of the molecule is CC(C)CSCCCC(=O)Nc1cc(Cl)ccc1N. The molecule has 5 heteroatoms. The van der Waals surface area contributed by atoms with Gasteiger partial charge in [0.25, 0.3) is 0 Å². The van der Waals surface area contributed by atoms with Gasteiger partial charge >= 0.3 is 0 Å². The molecule has 0 spiro atoms. The maximum Gasteiger partial charge on any atom is 0.224 e. The number of carbonyl (C=O) groups is 1. The number of benzene rings is 1. The number of carbonyl (C=O) groups excluding carboxylic acids is 1. The van der Waals surface area contributed by atoms with Crippen LogP contribution in [0, 0.1) is 5.92 Å².